The lowest BCUT2D eigenvalue weighted by molar-refractivity contribution is 0.319. The molecule has 1 aromatic heterocycles. The monoisotopic (exact) mass is 320 g/mol. The summed E-state index contributed by atoms with van der Waals surface area (Å²) in [6.07, 6.45) is 6.47. The highest BCUT2D eigenvalue weighted by atomic mass is 19.1. The number of aromatic amines is 1. The Balaban J connectivity index is 1.61. The molecule has 1 N–H and O–H groups in total. The van der Waals surface area contributed by atoms with E-state index in [1.54, 1.807) is 0 Å². The summed E-state index contributed by atoms with van der Waals surface area (Å²) in [6, 6.07) is 13.2. The Morgan fingerprint density at radius 1 is 1.12 bits per heavy atom. The smallest absolute Gasteiger partial charge is 0.132 e. The first-order chi connectivity index (χ1) is 11.8. The number of aromatic nitrogens is 2. The van der Waals surface area contributed by atoms with Crippen molar-refractivity contribution < 1.29 is 4.39 Å². The molecule has 24 heavy (non-hydrogen) atoms. The largest absolute Gasteiger partial charge is 0.349 e. The molecule has 0 aliphatic carbocycles. The van der Waals surface area contributed by atoms with Crippen LogP contribution >= 0.6 is 0 Å². The zero-order valence-corrected chi connectivity index (χ0v) is 13.1. The molecule has 120 valence electrons. The van der Waals surface area contributed by atoms with E-state index >= 15 is 0 Å². The number of nitrogens with zero attached hydrogens (tertiary/aromatic N) is 3. The van der Waals surface area contributed by atoms with Gasteiger partial charge in [0.25, 0.3) is 0 Å². The third-order valence-electron chi connectivity index (χ3n) is 4.93. The van der Waals surface area contributed by atoms with Gasteiger partial charge in [0.2, 0.25) is 0 Å². The minimum Gasteiger partial charge on any atom is -0.349 e. The van der Waals surface area contributed by atoms with Gasteiger partial charge in [-0.2, -0.15) is 5.10 Å². The average Bonchev–Trinajstić information content (AvgIpc) is 3.29. The second kappa shape index (κ2) is 5.09. The molecule has 1 saturated heterocycles. The molecule has 0 radical (unpaired) electrons. The number of nitrogens with one attached hydrogen (secondary N) is 1. The minimum absolute atomic E-state index is 0.118. The Kier molecular flexibility index (Phi) is 2.89. The van der Waals surface area contributed by atoms with Gasteiger partial charge in [-0.15, -0.1) is 0 Å². The third kappa shape index (κ3) is 2.01. The van der Waals surface area contributed by atoms with E-state index in [1.807, 2.05) is 18.3 Å². The first kappa shape index (κ1) is 13.6. The lowest BCUT2D eigenvalue weighted by atomic mass is 10.1. The molecule has 1 unspecified atom stereocenters. The van der Waals surface area contributed by atoms with Gasteiger partial charge in [0, 0.05) is 29.5 Å². The highest BCUT2D eigenvalue weighted by molar-refractivity contribution is 5.79. The van der Waals surface area contributed by atoms with E-state index in [9.17, 15) is 4.39 Å². The molecular formula is C19H17FN4. The summed E-state index contributed by atoms with van der Waals surface area (Å²) in [6.45, 7) is 1.05. The second-order valence-electron chi connectivity index (χ2n) is 6.39. The number of halogens is 1. The van der Waals surface area contributed by atoms with E-state index in [0.29, 0.717) is 0 Å². The number of allylic oxidation sites excluding steroid dienone is 1. The number of hydrogen-bond acceptors (Lipinski definition) is 3. The second-order valence-corrected chi connectivity index (χ2v) is 6.39. The van der Waals surface area contributed by atoms with Gasteiger partial charge in [-0.25, -0.2) is 4.39 Å². The van der Waals surface area contributed by atoms with E-state index in [2.05, 4.69) is 44.4 Å². The van der Waals surface area contributed by atoms with E-state index in [0.717, 1.165) is 29.6 Å². The zero-order chi connectivity index (χ0) is 16.1. The Hall–Kier alpha value is -2.82. The Morgan fingerprint density at radius 2 is 2.00 bits per heavy atom. The van der Waals surface area contributed by atoms with Crippen LogP contribution in [0.1, 0.15) is 24.6 Å². The fraction of sp³-hybridized carbons (Fsp3) is 0.211. The lowest BCUT2D eigenvalue weighted by Gasteiger charge is -2.32. The maximum absolute atomic E-state index is 13.3. The van der Waals surface area contributed by atoms with E-state index < -0.39 is 0 Å². The Bertz CT molecular complexity index is 928. The zero-order valence-electron chi connectivity index (χ0n) is 13.1. The fourth-order valence-corrected chi connectivity index (χ4v) is 3.81. The van der Waals surface area contributed by atoms with Crippen LogP contribution in [0.15, 0.2) is 60.6 Å². The Labute approximate surface area is 139 Å². The highest BCUT2D eigenvalue weighted by Gasteiger charge is 2.36. The number of benzene rings is 2. The highest BCUT2D eigenvalue weighted by Crippen LogP contribution is 2.43. The van der Waals surface area contributed by atoms with Crippen LogP contribution in [0.5, 0.6) is 0 Å². The van der Waals surface area contributed by atoms with Crippen molar-refractivity contribution in [2.75, 3.05) is 11.4 Å². The first-order valence-electron chi connectivity index (χ1n) is 8.24. The molecule has 1 fully saturated rings. The predicted molar refractivity (Wildman–Crippen MR) is 91.7 cm³/mol. The number of anilines is 1. The summed E-state index contributed by atoms with van der Waals surface area (Å²) in [5.74, 6) is -0.206. The molecule has 2 aliphatic heterocycles. The van der Waals surface area contributed by atoms with Gasteiger partial charge in [-0.05, 0) is 54.8 Å². The molecule has 0 amide bonds. The summed E-state index contributed by atoms with van der Waals surface area (Å²) in [5, 5.41) is 8.23. The van der Waals surface area contributed by atoms with Crippen LogP contribution in [0.3, 0.4) is 0 Å². The Morgan fingerprint density at radius 3 is 2.88 bits per heavy atom. The van der Waals surface area contributed by atoms with Crippen molar-refractivity contribution in [1.29, 1.82) is 0 Å². The molecule has 3 heterocycles. The normalized spacial score (nSPS) is 19.9. The summed E-state index contributed by atoms with van der Waals surface area (Å²) in [7, 11) is 0. The first-order valence-corrected chi connectivity index (χ1v) is 8.24. The molecule has 0 bridgehead atoms. The number of hydrogen-bond donors (Lipinski definition) is 1. The average molecular weight is 320 g/mol. The molecular weight excluding hydrogens is 303 g/mol. The molecule has 1 atom stereocenters. The maximum atomic E-state index is 13.3. The SMILES string of the molecule is Fc1ccc(N2C=C3CCCN3C2c2ccc3[nH]ncc3c2)cc1. The number of rotatable bonds is 2. The van der Waals surface area contributed by atoms with Gasteiger partial charge in [-0.3, -0.25) is 5.10 Å². The number of fused-ring (bicyclic) bond motifs is 2. The predicted octanol–water partition coefficient (Wildman–Crippen LogP) is 4.16. The molecule has 2 aliphatic rings. The van der Waals surface area contributed by atoms with Gasteiger partial charge in [0.15, 0.2) is 0 Å². The minimum atomic E-state index is -0.206. The van der Waals surface area contributed by atoms with Crippen LogP contribution in [-0.4, -0.2) is 21.6 Å². The van der Waals surface area contributed by atoms with Crippen molar-refractivity contribution in [1.82, 2.24) is 15.1 Å². The van der Waals surface area contributed by atoms with Crippen LogP contribution in [0, 0.1) is 5.82 Å². The van der Waals surface area contributed by atoms with Crippen molar-refractivity contribution in [3.05, 3.63) is 71.9 Å². The molecule has 5 heteroatoms. The van der Waals surface area contributed by atoms with E-state index in [1.165, 1.54) is 29.8 Å². The molecule has 2 aromatic carbocycles. The van der Waals surface area contributed by atoms with Gasteiger partial charge in [0.1, 0.15) is 12.0 Å². The van der Waals surface area contributed by atoms with Crippen LogP contribution in [0.4, 0.5) is 10.1 Å². The summed E-state index contributed by atoms with van der Waals surface area (Å²) >= 11 is 0. The lowest BCUT2D eigenvalue weighted by Crippen LogP contribution is -2.30. The fourth-order valence-electron chi connectivity index (χ4n) is 3.81. The standard InChI is InChI=1S/C19H17FN4/c20-15-4-6-16(7-5-15)24-12-17-2-1-9-23(17)19(24)13-3-8-18-14(10-13)11-21-22-18/h3-8,10-12,19H,1-2,9H2,(H,21,22). The molecule has 3 aromatic rings. The van der Waals surface area contributed by atoms with Crippen LogP contribution in [0.2, 0.25) is 0 Å². The van der Waals surface area contributed by atoms with Gasteiger partial charge < -0.3 is 9.80 Å². The molecule has 0 saturated carbocycles. The van der Waals surface area contributed by atoms with Gasteiger partial charge in [0.05, 0.1) is 11.7 Å². The summed E-state index contributed by atoms with van der Waals surface area (Å²) < 4.78 is 13.3. The quantitative estimate of drug-likeness (QED) is 0.770. The van der Waals surface area contributed by atoms with Crippen molar-refractivity contribution in [3.63, 3.8) is 0 Å². The summed E-state index contributed by atoms with van der Waals surface area (Å²) in [4.78, 5) is 4.69. The van der Waals surface area contributed by atoms with Crippen LogP contribution < -0.4 is 4.90 Å². The third-order valence-corrected chi connectivity index (χ3v) is 4.93. The van der Waals surface area contributed by atoms with Crippen LogP contribution in [0.25, 0.3) is 10.9 Å². The van der Waals surface area contributed by atoms with Crippen molar-refractivity contribution in [2.24, 2.45) is 0 Å². The van der Waals surface area contributed by atoms with E-state index in [-0.39, 0.29) is 12.0 Å². The topological polar surface area (TPSA) is 35.2 Å². The molecule has 0 spiro atoms. The summed E-state index contributed by atoms with van der Waals surface area (Å²) in [5.41, 5.74) is 4.63. The number of H-pyrrole nitrogens is 1. The van der Waals surface area contributed by atoms with Crippen molar-refractivity contribution in [3.8, 4) is 0 Å². The van der Waals surface area contributed by atoms with Crippen molar-refractivity contribution in [2.45, 2.75) is 19.0 Å². The van der Waals surface area contributed by atoms with Crippen molar-refractivity contribution >= 4 is 16.6 Å². The molecule has 4 nitrogen and oxygen atoms in total. The maximum Gasteiger partial charge on any atom is 0.132 e. The van der Waals surface area contributed by atoms with Crippen LogP contribution in [-0.2, 0) is 0 Å². The van der Waals surface area contributed by atoms with Gasteiger partial charge >= 0.3 is 0 Å². The van der Waals surface area contributed by atoms with Gasteiger partial charge in [-0.1, -0.05) is 6.07 Å². The van der Waals surface area contributed by atoms with E-state index in [4.69, 9.17) is 0 Å². The molecule has 5 rings (SSSR count).